The van der Waals surface area contributed by atoms with Crippen molar-refractivity contribution in [2.24, 2.45) is 0 Å². The van der Waals surface area contributed by atoms with Crippen molar-refractivity contribution in [2.45, 2.75) is 30.3 Å². The highest BCUT2D eigenvalue weighted by molar-refractivity contribution is 7.89. The Morgan fingerprint density at radius 2 is 2.20 bits per heavy atom. The number of halogens is 1. The summed E-state index contributed by atoms with van der Waals surface area (Å²) in [6.45, 7) is 0.214. The molecule has 1 saturated carbocycles. The molecule has 3 rings (SSSR count). The number of aromatic nitrogens is 1. The summed E-state index contributed by atoms with van der Waals surface area (Å²) in [6, 6.07) is 4.99. The van der Waals surface area contributed by atoms with Crippen molar-refractivity contribution in [3.63, 3.8) is 0 Å². The van der Waals surface area contributed by atoms with Crippen LogP contribution in [0.3, 0.4) is 0 Å². The highest BCUT2D eigenvalue weighted by Crippen LogP contribution is 2.35. The van der Waals surface area contributed by atoms with Crippen LogP contribution in [0.1, 0.15) is 18.6 Å². The van der Waals surface area contributed by atoms with E-state index >= 15 is 0 Å². The van der Waals surface area contributed by atoms with Crippen molar-refractivity contribution in [2.75, 3.05) is 0 Å². The van der Waals surface area contributed by atoms with E-state index in [-0.39, 0.29) is 22.5 Å². The lowest BCUT2D eigenvalue weighted by Crippen LogP contribution is -2.32. The molecule has 0 amide bonds. The minimum atomic E-state index is -3.67. The summed E-state index contributed by atoms with van der Waals surface area (Å²) in [6.07, 6.45) is 6.00. The molecule has 1 fully saturated rings. The number of nitrogens with zero attached hydrogens (tertiary/aromatic N) is 2. The molecule has 20 heavy (non-hydrogen) atoms. The number of hydrogen-bond acceptors (Lipinski definition) is 4. The van der Waals surface area contributed by atoms with Crippen LogP contribution in [0.2, 0.25) is 5.02 Å². The van der Waals surface area contributed by atoms with Crippen molar-refractivity contribution in [1.82, 2.24) is 9.29 Å². The van der Waals surface area contributed by atoms with Gasteiger partial charge in [0.05, 0.1) is 17.8 Å². The molecule has 1 aliphatic rings. The number of sulfonamides is 1. The van der Waals surface area contributed by atoms with Gasteiger partial charge in [0, 0.05) is 18.4 Å². The second kappa shape index (κ2) is 5.20. The Balaban J connectivity index is 1.96. The van der Waals surface area contributed by atoms with Gasteiger partial charge in [-0.05, 0) is 31.0 Å². The summed E-state index contributed by atoms with van der Waals surface area (Å²) in [5, 5.41) is 0.185. The zero-order chi connectivity index (χ0) is 14.2. The molecule has 5 nitrogen and oxygen atoms in total. The molecule has 0 unspecified atom stereocenters. The van der Waals surface area contributed by atoms with Crippen LogP contribution in [0.15, 0.2) is 46.2 Å². The van der Waals surface area contributed by atoms with Gasteiger partial charge < -0.3 is 4.42 Å². The third-order valence-electron chi connectivity index (χ3n) is 3.17. The third-order valence-corrected chi connectivity index (χ3v) is 5.53. The van der Waals surface area contributed by atoms with Gasteiger partial charge in [0.2, 0.25) is 10.0 Å². The maximum Gasteiger partial charge on any atom is 0.246 e. The quantitative estimate of drug-likeness (QED) is 0.851. The molecule has 0 saturated heterocycles. The molecule has 1 aliphatic carbocycles. The third kappa shape index (κ3) is 2.59. The molecule has 2 heterocycles. The molecular weight excluding hydrogens is 300 g/mol. The number of hydrogen-bond donors (Lipinski definition) is 0. The van der Waals surface area contributed by atoms with Gasteiger partial charge in [-0.25, -0.2) is 8.42 Å². The first-order valence-electron chi connectivity index (χ1n) is 6.23. The highest BCUT2D eigenvalue weighted by Gasteiger charge is 2.39. The fraction of sp³-hybridized carbons (Fsp3) is 0.308. The summed E-state index contributed by atoms with van der Waals surface area (Å²) in [4.78, 5) is 3.90. The minimum absolute atomic E-state index is 0.0152. The average Bonchev–Trinajstić information content (AvgIpc) is 3.12. The lowest BCUT2D eigenvalue weighted by Gasteiger charge is -2.21. The van der Waals surface area contributed by atoms with E-state index in [1.54, 1.807) is 12.1 Å². The van der Waals surface area contributed by atoms with E-state index in [1.165, 1.54) is 29.0 Å². The van der Waals surface area contributed by atoms with Crippen molar-refractivity contribution in [3.05, 3.63) is 47.6 Å². The van der Waals surface area contributed by atoms with Crippen molar-refractivity contribution in [3.8, 4) is 0 Å². The van der Waals surface area contributed by atoms with Gasteiger partial charge in [0.15, 0.2) is 0 Å². The van der Waals surface area contributed by atoms with Crippen LogP contribution in [-0.2, 0) is 16.6 Å². The smallest absolute Gasteiger partial charge is 0.246 e. The zero-order valence-electron chi connectivity index (χ0n) is 10.6. The van der Waals surface area contributed by atoms with Gasteiger partial charge in [-0.2, -0.15) is 4.31 Å². The van der Waals surface area contributed by atoms with Crippen LogP contribution in [0, 0.1) is 0 Å². The topological polar surface area (TPSA) is 63.4 Å². The Hall–Kier alpha value is -1.37. The van der Waals surface area contributed by atoms with E-state index in [9.17, 15) is 8.42 Å². The van der Waals surface area contributed by atoms with Crippen LogP contribution < -0.4 is 0 Å². The van der Waals surface area contributed by atoms with E-state index in [2.05, 4.69) is 4.98 Å². The zero-order valence-corrected chi connectivity index (χ0v) is 12.1. The molecule has 0 spiro atoms. The Kier molecular flexibility index (Phi) is 3.54. The Labute approximate surface area is 122 Å². The molecule has 106 valence electrons. The predicted octanol–water partition coefficient (Wildman–Crippen LogP) is 2.68. The van der Waals surface area contributed by atoms with Crippen molar-refractivity contribution < 1.29 is 12.8 Å². The molecule has 0 aliphatic heterocycles. The van der Waals surface area contributed by atoms with Crippen LogP contribution in [-0.4, -0.2) is 23.7 Å². The molecule has 0 radical (unpaired) electrons. The largest absolute Gasteiger partial charge is 0.468 e. The Morgan fingerprint density at radius 3 is 2.80 bits per heavy atom. The van der Waals surface area contributed by atoms with E-state index in [0.717, 1.165) is 12.8 Å². The van der Waals surface area contributed by atoms with Crippen LogP contribution in [0.5, 0.6) is 0 Å². The highest BCUT2D eigenvalue weighted by atomic mass is 35.5. The number of pyridine rings is 1. The van der Waals surface area contributed by atoms with Crippen LogP contribution in [0.4, 0.5) is 0 Å². The molecule has 0 aromatic carbocycles. The second-order valence-corrected chi connectivity index (χ2v) is 6.93. The summed E-state index contributed by atoms with van der Waals surface area (Å²) in [5.41, 5.74) is 0. The average molecular weight is 313 g/mol. The normalized spacial score (nSPS) is 15.7. The molecule has 7 heteroatoms. The van der Waals surface area contributed by atoms with Gasteiger partial charge in [-0.15, -0.1) is 0 Å². The second-order valence-electron chi connectivity index (χ2n) is 4.67. The van der Waals surface area contributed by atoms with Gasteiger partial charge in [-0.1, -0.05) is 11.6 Å². The maximum atomic E-state index is 12.7. The molecular formula is C13H13ClN2O3S. The van der Waals surface area contributed by atoms with Gasteiger partial charge >= 0.3 is 0 Å². The molecule has 2 aromatic rings. The van der Waals surface area contributed by atoms with Crippen molar-refractivity contribution >= 4 is 21.6 Å². The van der Waals surface area contributed by atoms with Gasteiger partial charge in [0.25, 0.3) is 0 Å². The number of rotatable bonds is 5. The first-order valence-corrected chi connectivity index (χ1v) is 8.04. The van der Waals surface area contributed by atoms with E-state index in [0.29, 0.717) is 5.76 Å². The summed E-state index contributed by atoms with van der Waals surface area (Å²) in [7, 11) is -3.67. The van der Waals surface area contributed by atoms with E-state index in [4.69, 9.17) is 16.0 Å². The Bertz CT molecular complexity index is 696. The minimum Gasteiger partial charge on any atom is -0.468 e. The van der Waals surface area contributed by atoms with Crippen LogP contribution in [0.25, 0.3) is 0 Å². The fourth-order valence-electron chi connectivity index (χ4n) is 2.01. The molecule has 2 aromatic heterocycles. The summed E-state index contributed by atoms with van der Waals surface area (Å²) in [5.74, 6) is 0.612. The first-order chi connectivity index (χ1) is 9.59. The van der Waals surface area contributed by atoms with E-state index < -0.39 is 10.0 Å². The van der Waals surface area contributed by atoms with Crippen LogP contribution >= 0.6 is 11.6 Å². The standard InChI is InChI=1S/C13H13ClN2O3S/c14-12-5-6-15-8-13(12)20(17,18)16(10-3-4-10)9-11-2-1-7-19-11/h1-2,5-8,10H,3-4,9H2. The molecule has 0 N–H and O–H groups in total. The van der Waals surface area contributed by atoms with Crippen molar-refractivity contribution in [1.29, 1.82) is 0 Å². The summed E-state index contributed by atoms with van der Waals surface area (Å²) < 4.78 is 32.1. The lowest BCUT2D eigenvalue weighted by atomic mass is 10.4. The van der Waals surface area contributed by atoms with Gasteiger partial charge in [-0.3, -0.25) is 4.98 Å². The fourth-order valence-corrected chi connectivity index (χ4v) is 4.07. The monoisotopic (exact) mass is 312 g/mol. The predicted molar refractivity (Wildman–Crippen MR) is 73.7 cm³/mol. The molecule has 0 bridgehead atoms. The Morgan fingerprint density at radius 1 is 1.40 bits per heavy atom. The molecule has 0 atom stereocenters. The first kappa shape index (κ1) is 13.6. The SMILES string of the molecule is O=S(=O)(c1cnccc1Cl)N(Cc1ccco1)C1CC1. The maximum absolute atomic E-state index is 12.7. The summed E-state index contributed by atoms with van der Waals surface area (Å²) >= 11 is 5.99. The lowest BCUT2D eigenvalue weighted by molar-refractivity contribution is 0.356. The van der Waals surface area contributed by atoms with Gasteiger partial charge in [0.1, 0.15) is 10.7 Å². The number of furan rings is 1. The van der Waals surface area contributed by atoms with E-state index in [1.807, 2.05) is 0 Å².